The minimum Gasteiger partial charge on any atom is -0.461 e. The first-order chi connectivity index (χ1) is 6.63. The van der Waals surface area contributed by atoms with Gasteiger partial charge in [-0.15, -0.1) is 0 Å². The number of hydrogen-bond donors (Lipinski definition) is 0. The highest BCUT2D eigenvalue weighted by molar-refractivity contribution is 8.13. The average Bonchev–Trinajstić information content (AvgIpc) is 2.18. The molecule has 0 atom stereocenters. The molecule has 0 saturated carbocycles. The molecule has 0 saturated heterocycles. The van der Waals surface area contributed by atoms with E-state index in [4.69, 9.17) is 0 Å². The fourth-order valence-corrected chi connectivity index (χ4v) is 1.50. The Bertz CT molecular complexity index is 308. The predicted octanol–water partition coefficient (Wildman–Crippen LogP) is 2.61. The van der Waals surface area contributed by atoms with Crippen LogP contribution in [0.3, 0.4) is 0 Å². The van der Waals surface area contributed by atoms with Crippen molar-refractivity contribution in [1.82, 2.24) is 0 Å². The van der Waals surface area contributed by atoms with Crippen molar-refractivity contribution in [3.05, 3.63) is 24.3 Å². The molecule has 1 rings (SSSR count). The van der Waals surface area contributed by atoms with Crippen LogP contribution >= 0.6 is 11.8 Å². The fourth-order valence-electron chi connectivity index (χ4n) is 0.950. The zero-order valence-electron chi connectivity index (χ0n) is 8.48. The first-order valence-electron chi connectivity index (χ1n) is 4.16. The van der Waals surface area contributed by atoms with E-state index in [1.165, 1.54) is 7.11 Å². The molecule has 0 heterocycles. The molecule has 1 aromatic carbocycles. The van der Waals surface area contributed by atoms with Crippen LogP contribution in [0.2, 0.25) is 0 Å². The lowest BCUT2D eigenvalue weighted by Crippen LogP contribution is -2.07. The molecule has 0 aromatic heterocycles. The lowest BCUT2D eigenvalue weighted by atomic mass is 10.3. The van der Waals surface area contributed by atoms with Crippen LogP contribution in [0.4, 0.5) is 10.5 Å². The van der Waals surface area contributed by atoms with Crippen molar-refractivity contribution in [3.63, 3.8) is 0 Å². The standard InChI is InChI=1S/C10H13NO2S/c1-11(2)8-4-6-9(7-5-8)14-10(12)13-3/h4-7H,1-3H3. The normalized spacial score (nSPS) is 9.64. The molecule has 0 amide bonds. The van der Waals surface area contributed by atoms with Gasteiger partial charge in [0.05, 0.1) is 7.11 Å². The Kier molecular flexibility index (Phi) is 3.83. The molecular formula is C10H13NO2S. The molecule has 0 unspecified atom stereocenters. The van der Waals surface area contributed by atoms with E-state index in [1.54, 1.807) is 0 Å². The minimum absolute atomic E-state index is 0.289. The van der Waals surface area contributed by atoms with Gasteiger partial charge < -0.3 is 9.64 Å². The van der Waals surface area contributed by atoms with E-state index in [1.807, 2.05) is 43.3 Å². The van der Waals surface area contributed by atoms with Crippen LogP contribution in [0.1, 0.15) is 0 Å². The number of hydrogen-bond acceptors (Lipinski definition) is 4. The van der Waals surface area contributed by atoms with Crippen LogP contribution in [0.5, 0.6) is 0 Å². The Hall–Kier alpha value is -1.16. The van der Waals surface area contributed by atoms with E-state index in [-0.39, 0.29) is 5.30 Å². The molecule has 0 spiro atoms. The molecule has 14 heavy (non-hydrogen) atoms. The average molecular weight is 211 g/mol. The van der Waals surface area contributed by atoms with Gasteiger partial charge in [-0.1, -0.05) is 0 Å². The summed E-state index contributed by atoms with van der Waals surface area (Å²) >= 11 is 1.08. The molecule has 0 fully saturated rings. The molecule has 1 aromatic rings. The van der Waals surface area contributed by atoms with Crippen LogP contribution in [-0.4, -0.2) is 26.5 Å². The van der Waals surface area contributed by atoms with Gasteiger partial charge in [0.2, 0.25) is 0 Å². The van der Waals surface area contributed by atoms with Crippen molar-refractivity contribution in [2.75, 3.05) is 26.1 Å². The predicted molar refractivity (Wildman–Crippen MR) is 59.0 cm³/mol. The number of carbonyl (C=O) groups excluding carboxylic acids is 1. The lowest BCUT2D eigenvalue weighted by Gasteiger charge is -2.12. The lowest BCUT2D eigenvalue weighted by molar-refractivity contribution is 0.200. The van der Waals surface area contributed by atoms with Gasteiger partial charge in [-0.2, -0.15) is 0 Å². The number of carbonyl (C=O) groups is 1. The second-order valence-corrected chi connectivity index (χ2v) is 3.95. The Labute approximate surface area is 88.0 Å². The van der Waals surface area contributed by atoms with E-state index < -0.39 is 0 Å². The molecule has 0 aliphatic carbocycles. The summed E-state index contributed by atoms with van der Waals surface area (Å²) in [5, 5.41) is -0.289. The van der Waals surface area contributed by atoms with Crippen LogP contribution in [-0.2, 0) is 4.74 Å². The molecule has 76 valence electrons. The van der Waals surface area contributed by atoms with E-state index >= 15 is 0 Å². The van der Waals surface area contributed by atoms with Gasteiger partial charge in [-0.25, -0.2) is 4.79 Å². The smallest absolute Gasteiger partial charge is 0.371 e. The number of thioether (sulfide) groups is 1. The van der Waals surface area contributed by atoms with Gasteiger partial charge in [0.1, 0.15) is 0 Å². The first kappa shape index (κ1) is 10.9. The van der Waals surface area contributed by atoms with Crippen molar-refractivity contribution in [2.24, 2.45) is 0 Å². The van der Waals surface area contributed by atoms with Crippen molar-refractivity contribution < 1.29 is 9.53 Å². The maximum Gasteiger partial charge on any atom is 0.371 e. The topological polar surface area (TPSA) is 29.5 Å². The van der Waals surface area contributed by atoms with Crippen molar-refractivity contribution in [2.45, 2.75) is 4.90 Å². The fraction of sp³-hybridized carbons (Fsp3) is 0.300. The monoisotopic (exact) mass is 211 g/mol. The highest BCUT2D eigenvalue weighted by Gasteiger charge is 2.03. The molecule has 0 bridgehead atoms. The third-order valence-electron chi connectivity index (χ3n) is 1.72. The highest BCUT2D eigenvalue weighted by atomic mass is 32.2. The zero-order valence-corrected chi connectivity index (χ0v) is 9.30. The number of anilines is 1. The Balaban J connectivity index is 2.69. The van der Waals surface area contributed by atoms with Gasteiger partial charge in [0.15, 0.2) is 0 Å². The molecule has 0 aliphatic heterocycles. The molecule has 4 heteroatoms. The molecule has 0 aliphatic rings. The van der Waals surface area contributed by atoms with E-state index in [2.05, 4.69) is 4.74 Å². The number of benzene rings is 1. The third-order valence-corrected chi connectivity index (χ3v) is 2.56. The van der Waals surface area contributed by atoms with Gasteiger partial charge >= 0.3 is 5.30 Å². The summed E-state index contributed by atoms with van der Waals surface area (Å²) in [6, 6.07) is 7.73. The van der Waals surface area contributed by atoms with Crippen LogP contribution in [0, 0.1) is 0 Å². The summed E-state index contributed by atoms with van der Waals surface area (Å²) in [5.74, 6) is 0. The summed E-state index contributed by atoms with van der Waals surface area (Å²) in [5.41, 5.74) is 1.11. The molecule has 3 nitrogen and oxygen atoms in total. The number of ether oxygens (including phenoxy) is 1. The Morgan fingerprint density at radius 3 is 2.29 bits per heavy atom. The van der Waals surface area contributed by atoms with Crippen molar-refractivity contribution in [3.8, 4) is 0 Å². The maximum atomic E-state index is 10.9. The van der Waals surface area contributed by atoms with E-state index in [9.17, 15) is 4.79 Å². The second-order valence-electron chi connectivity index (χ2n) is 2.94. The van der Waals surface area contributed by atoms with Gasteiger partial charge in [0, 0.05) is 24.7 Å². The van der Waals surface area contributed by atoms with E-state index in [0.717, 1.165) is 22.3 Å². The summed E-state index contributed by atoms with van der Waals surface area (Å²) in [6.45, 7) is 0. The van der Waals surface area contributed by atoms with Crippen LogP contribution < -0.4 is 4.90 Å². The van der Waals surface area contributed by atoms with Gasteiger partial charge in [-0.3, -0.25) is 0 Å². The van der Waals surface area contributed by atoms with Crippen molar-refractivity contribution >= 4 is 22.8 Å². The number of nitrogens with zero attached hydrogens (tertiary/aromatic N) is 1. The SMILES string of the molecule is COC(=O)Sc1ccc(N(C)C)cc1. The van der Waals surface area contributed by atoms with Gasteiger partial charge in [-0.05, 0) is 36.0 Å². The Morgan fingerprint density at radius 1 is 1.29 bits per heavy atom. The molecule has 0 radical (unpaired) electrons. The minimum atomic E-state index is -0.289. The Morgan fingerprint density at radius 2 is 1.86 bits per heavy atom. The summed E-state index contributed by atoms with van der Waals surface area (Å²) in [4.78, 5) is 13.8. The molecule has 0 N–H and O–H groups in total. The van der Waals surface area contributed by atoms with E-state index in [0.29, 0.717) is 0 Å². The van der Waals surface area contributed by atoms with Gasteiger partial charge in [0.25, 0.3) is 0 Å². The van der Waals surface area contributed by atoms with Crippen molar-refractivity contribution in [1.29, 1.82) is 0 Å². The second kappa shape index (κ2) is 4.91. The summed E-state index contributed by atoms with van der Waals surface area (Å²) < 4.78 is 4.55. The number of rotatable bonds is 2. The zero-order chi connectivity index (χ0) is 10.6. The number of methoxy groups -OCH3 is 1. The summed E-state index contributed by atoms with van der Waals surface area (Å²) in [6.07, 6.45) is 0. The van der Waals surface area contributed by atoms with Crippen LogP contribution in [0.15, 0.2) is 29.2 Å². The highest BCUT2D eigenvalue weighted by Crippen LogP contribution is 2.22. The third kappa shape index (κ3) is 2.96. The maximum absolute atomic E-state index is 10.9. The first-order valence-corrected chi connectivity index (χ1v) is 4.98. The quantitative estimate of drug-likeness (QED) is 0.555. The van der Waals surface area contributed by atoms with Crippen LogP contribution in [0.25, 0.3) is 0 Å². The molecular weight excluding hydrogens is 198 g/mol. The largest absolute Gasteiger partial charge is 0.461 e. The summed E-state index contributed by atoms with van der Waals surface area (Å²) in [7, 11) is 5.33.